The molecule has 0 aromatic heterocycles. The molecule has 0 saturated heterocycles. The Bertz CT molecular complexity index is 4090. The van der Waals surface area contributed by atoms with E-state index in [0.717, 1.165) is 38.5 Å². The van der Waals surface area contributed by atoms with E-state index in [1.165, 1.54) is 154 Å². The van der Waals surface area contributed by atoms with Crippen LogP contribution in [0.15, 0.2) is 218 Å². The fourth-order valence-electron chi connectivity index (χ4n) is 15.0. The van der Waals surface area contributed by atoms with Crippen LogP contribution in [0.5, 0.6) is 0 Å². The molecule has 78 heavy (non-hydrogen) atoms. The van der Waals surface area contributed by atoms with Crippen LogP contribution in [-0.2, 0) is 23.7 Å². The van der Waals surface area contributed by atoms with Gasteiger partial charge in [-0.25, -0.2) is 0 Å². The zero-order valence-corrected chi connectivity index (χ0v) is 46.0. The van der Waals surface area contributed by atoms with Crippen LogP contribution in [-0.4, -0.2) is 0 Å². The van der Waals surface area contributed by atoms with Crippen molar-refractivity contribution in [1.82, 2.24) is 0 Å². The molecule has 0 nitrogen and oxygen atoms in total. The molecule has 0 bridgehead atoms. The molecule has 2 aliphatic rings. The Hall–Kier alpha value is -8.32. The van der Waals surface area contributed by atoms with Gasteiger partial charge in [-0.15, -0.1) is 0 Å². The number of rotatable bonds is 11. The highest BCUT2D eigenvalue weighted by Gasteiger charge is 2.43. The first-order valence-corrected chi connectivity index (χ1v) is 29.0. The second-order valence-electron chi connectivity index (χ2n) is 22.4. The molecule has 0 saturated carbocycles. The first-order valence-electron chi connectivity index (χ1n) is 29.0. The van der Waals surface area contributed by atoms with E-state index in [4.69, 9.17) is 0 Å². The van der Waals surface area contributed by atoms with E-state index in [1.807, 2.05) is 0 Å². The van der Waals surface area contributed by atoms with E-state index in [-0.39, 0.29) is 10.8 Å². The van der Waals surface area contributed by atoms with E-state index < -0.39 is 0 Å². The molecule has 0 heterocycles. The summed E-state index contributed by atoms with van der Waals surface area (Å²) in [5.41, 5.74) is 26.9. The molecule has 378 valence electrons. The largest absolute Gasteiger partial charge is 0.0642 e. The minimum atomic E-state index is -0.118. The van der Waals surface area contributed by atoms with Gasteiger partial charge in [-0.2, -0.15) is 0 Å². The predicted molar refractivity (Wildman–Crippen MR) is 336 cm³/mol. The lowest BCUT2D eigenvalue weighted by atomic mass is 9.72. The summed E-state index contributed by atoms with van der Waals surface area (Å²) in [5, 5.41) is 10.5. The molecule has 0 amide bonds. The van der Waals surface area contributed by atoms with Gasteiger partial charge in [0.25, 0.3) is 0 Å². The van der Waals surface area contributed by atoms with E-state index in [9.17, 15) is 0 Å². The smallest absolute Gasteiger partial charge is 0.0210 e. The summed E-state index contributed by atoms with van der Waals surface area (Å²) in [5.74, 6) is 0. The summed E-state index contributed by atoms with van der Waals surface area (Å²) >= 11 is 0. The highest BCUT2D eigenvalue weighted by molar-refractivity contribution is 6.23. The number of aryl methyl sites for hydroxylation is 2. The van der Waals surface area contributed by atoms with E-state index in [1.54, 1.807) is 0 Å². The Morgan fingerprint density at radius 3 is 0.833 bits per heavy atom. The van der Waals surface area contributed by atoms with Crippen LogP contribution in [0.4, 0.5) is 0 Å². The van der Waals surface area contributed by atoms with Crippen LogP contribution in [0.25, 0.3) is 121 Å². The summed E-state index contributed by atoms with van der Waals surface area (Å²) in [6.45, 7) is 14.2. The fraction of sp³-hybridized carbons (Fsp3) is 0.179. The summed E-state index contributed by atoms with van der Waals surface area (Å²) in [7, 11) is 0. The van der Waals surface area contributed by atoms with Crippen molar-refractivity contribution >= 4 is 43.1 Å². The van der Waals surface area contributed by atoms with Gasteiger partial charge in [0.1, 0.15) is 0 Å². The molecule has 0 atom stereocenters. The number of benzene rings is 12. The van der Waals surface area contributed by atoms with Crippen molar-refractivity contribution in [3.8, 4) is 77.9 Å². The zero-order valence-electron chi connectivity index (χ0n) is 46.0. The minimum Gasteiger partial charge on any atom is -0.0642 e. The van der Waals surface area contributed by atoms with Crippen LogP contribution in [0.1, 0.15) is 101 Å². The minimum absolute atomic E-state index is 0.118. The van der Waals surface area contributed by atoms with Crippen molar-refractivity contribution in [2.24, 2.45) is 0 Å². The standard InChI is InChI=1S/C78H66/c1-7-49-31-37-65-67(43-49)73(51-23-15-13-16-24-51)61-27-19-21-29-63(61)75(65)55-35-41-59-57-39-33-53(45-69(57)77(9-3,10-4)71(59)47-55)54-34-40-58-60-42-36-56(48-72(60)78(11-5,12-6)70(58)46-54)76-64-30-22-20-28-62(64)74(52-25-17-14-18-26-52)68-44-50(8-2)32-38-66(68)76/h13-48H,7-12H2,1-6H3. The molecule has 0 radical (unpaired) electrons. The molecule has 12 aromatic rings. The number of fused-ring (bicyclic) bond motifs is 10. The molecular formula is C78H66. The molecule has 14 rings (SSSR count). The maximum atomic E-state index is 2.59. The third kappa shape index (κ3) is 6.98. The highest BCUT2D eigenvalue weighted by Crippen LogP contribution is 2.58. The van der Waals surface area contributed by atoms with Gasteiger partial charge in [0, 0.05) is 10.8 Å². The van der Waals surface area contributed by atoms with E-state index >= 15 is 0 Å². The van der Waals surface area contributed by atoms with Gasteiger partial charge in [0.05, 0.1) is 0 Å². The van der Waals surface area contributed by atoms with Crippen molar-refractivity contribution < 1.29 is 0 Å². The van der Waals surface area contributed by atoms with Crippen molar-refractivity contribution in [3.63, 3.8) is 0 Å². The van der Waals surface area contributed by atoms with Gasteiger partial charge < -0.3 is 0 Å². The van der Waals surface area contributed by atoms with Gasteiger partial charge in [-0.05, 0) is 217 Å². The maximum Gasteiger partial charge on any atom is 0.0210 e. The van der Waals surface area contributed by atoms with Crippen molar-refractivity contribution in [2.75, 3.05) is 0 Å². The fourth-order valence-corrected chi connectivity index (χ4v) is 15.0. The van der Waals surface area contributed by atoms with E-state index in [2.05, 4.69) is 260 Å². The van der Waals surface area contributed by atoms with Crippen molar-refractivity contribution in [3.05, 3.63) is 252 Å². The highest BCUT2D eigenvalue weighted by atomic mass is 14.5. The molecule has 0 N–H and O–H groups in total. The Balaban J connectivity index is 0.879. The van der Waals surface area contributed by atoms with Gasteiger partial charge in [0.15, 0.2) is 0 Å². The number of hydrogen-bond acceptors (Lipinski definition) is 0. The van der Waals surface area contributed by atoms with Crippen LogP contribution in [0.2, 0.25) is 0 Å². The van der Waals surface area contributed by atoms with Crippen LogP contribution < -0.4 is 0 Å². The van der Waals surface area contributed by atoms with Crippen molar-refractivity contribution in [2.45, 2.75) is 90.9 Å². The lowest BCUT2D eigenvalue weighted by Crippen LogP contribution is -2.23. The lowest BCUT2D eigenvalue weighted by molar-refractivity contribution is 0.490. The van der Waals surface area contributed by atoms with Crippen LogP contribution in [0.3, 0.4) is 0 Å². The Morgan fingerprint density at radius 1 is 0.231 bits per heavy atom. The second kappa shape index (κ2) is 18.7. The van der Waals surface area contributed by atoms with Gasteiger partial charge in [-0.1, -0.05) is 236 Å². The molecule has 2 aliphatic carbocycles. The third-order valence-electron chi connectivity index (χ3n) is 19.2. The quantitative estimate of drug-likeness (QED) is 0.113. The second-order valence-corrected chi connectivity index (χ2v) is 22.4. The molecule has 0 spiro atoms. The first kappa shape index (κ1) is 48.1. The molecular weight excluding hydrogens is 937 g/mol. The Kier molecular flexibility index (Phi) is 11.5. The monoisotopic (exact) mass is 1000 g/mol. The van der Waals surface area contributed by atoms with E-state index in [0.29, 0.717) is 0 Å². The van der Waals surface area contributed by atoms with Crippen LogP contribution in [0, 0.1) is 0 Å². The lowest BCUT2D eigenvalue weighted by Gasteiger charge is -2.31. The van der Waals surface area contributed by atoms with Gasteiger partial charge in [0.2, 0.25) is 0 Å². The summed E-state index contributed by atoms with van der Waals surface area (Å²) in [4.78, 5) is 0. The average Bonchev–Trinajstić information content (AvgIpc) is 4.16. The normalized spacial score (nSPS) is 13.8. The molecule has 12 aromatic carbocycles. The summed E-state index contributed by atoms with van der Waals surface area (Å²) < 4.78 is 0. The SMILES string of the molecule is CCc1ccc2c(-c3ccc4c(c3)C(CC)(CC)c3cc(-c5ccc6c(c5)C(CC)(CC)c5cc(-c7c8ccccc8c(-c8ccccc8)c8cc(CC)ccc78)ccc5-6)ccc3-4)c3ccccc3c(-c3ccccc3)c2c1. The molecule has 0 fully saturated rings. The average molecular weight is 1000 g/mol. The summed E-state index contributed by atoms with van der Waals surface area (Å²) in [6.07, 6.45) is 6.11. The molecule has 0 unspecified atom stereocenters. The zero-order chi connectivity index (χ0) is 52.9. The summed E-state index contributed by atoms with van der Waals surface area (Å²) in [6, 6.07) is 84.4. The Labute approximate surface area is 461 Å². The maximum absolute atomic E-state index is 2.59. The number of hydrogen-bond donors (Lipinski definition) is 0. The van der Waals surface area contributed by atoms with Gasteiger partial charge in [-0.3, -0.25) is 0 Å². The Morgan fingerprint density at radius 2 is 0.513 bits per heavy atom. The molecule has 0 heteroatoms. The predicted octanol–water partition coefficient (Wildman–Crippen LogP) is 21.9. The van der Waals surface area contributed by atoms with Crippen LogP contribution >= 0.6 is 0 Å². The first-order chi connectivity index (χ1) is 38.4. The van der Waals surface area contributed by atoms with Gasteiger partial charge >= 0.3 is 0 Å². The topological polar surface area (TPSA) is 0 Å². The van der Waals surface area contributed by atoms with Crippen molar-refractivity contribution in [1.29, 1.82) is 0 Å². The third-order valence-corrected chi connectivity index (χ3v) is 19.2. The molecule has 0 aliphatic heterocycles.